The smallest absolute Gasteiger partial charge is 0.143 e. The van der Waals surface area contributed by atoms with Gasteiger partial charge >= 0.3 is 0 Å². The molecule has 0 aliphatic heterocycles. The van der Waals surface area contributed by atoms with Crippen molar-refractivity contribution in [2.45, 2.75) is 0 Å². The van der Waals surface area contributed by atoms with Crippen LogP contribution in [-0.4, -0.2) is 0 Å². The molecule has 0 unspecified atom stereocenters. The molecule has 0 saturated heterocycles. The molecule has 10 aromatic rings. The first-order valence-electron chi connectivity index (χ1n) is 17.3. The molecule has 8 aromatic carbocycles. The quantitative estimate of drug-likeness (QED) is 0.179. The number of benzene rings is 8. The van der Waals surface area contributed by atoms with Gasteiger partial charge in [-0.3, -0.25) is 0 Å². The highest BCUT2D eigenvalue weighted by atomic mass is 16.3. The van der Waals surface area contributed by atoms with Gasteiger partial charge in [0.05, 0.1) is 11.1 Å². The lowest BCUT2D eigenvalue weighted by atomic mass is 9.99. The second kappa shape index (κ2) is 11.9. The van der Waals surface area contributed by atoms with E-state index in [0.29, 0.717) is 0 Å². The van der Waals surface area contributed by atoms with E-state index < -0.39 is 0 Å². The van der Waals surface area contributed by atoms with Crippen LogP contribution >= 0.6 is 0 Å². The summed E-state index contributed by atoms with van der Waals surface area (Å²) in [6.07, 6.45) is 0. The molecular formula is C48H31NO2. The van der Waals surface area contributed by atoms with Gasteiger partial charge in [0.15, 0.2) is 0 Å². The highest BCUT2D eigenvalue weighted by Gasteiger charge is 2.20. The number of anilines is 3. The molecule has 0 spiro atoms. The van der Waals surface area contributed by atoms with Crippen LogP contribution in [0, 0.1) is 0 Å². The first-order valence-corrected chi connectivity index (χ1v) is 17.3. The SMILES string of the molecule is c1ccc(-c2ccc(-c3ccc(N(c4cccc(-c5cccc6c5oc5ccccc56)c4)c4cccc5oc6ccccc6c45)cc3)cc2)cc1. The van der Waals surface area contributed by atoms with Gasteiger partial charge in [0.25, 0.3) is 0 Å². The third-order valence-corrected chi connectivity index (χ3v) is 9.89. The summed E-state index contributed by atoms with van der Waals surface area (Å²) >= 11 is 0. The Morgan fingerprint density at radius 2 is 0.882 bits per heavy atom. The molecule has 3 nitrogen and oxygen atoms in total. The molecule has 0 aliphatic carbocycles. The fourth-order valence-electron chi connectivity index (χ4n) is 7.45. The van der Waals surface area contributed by atoms with Crippen molar-refractivity contribution in [1.82, 2.24) is 0 Å². The molecule has 10 rings (SSSR count). The first kappa shape index (κ1) is 29.1. The van der Waals surface area contributed by atoms with E-state index in [-0.39, 0.29) is 0 Å². The van der Waals surface area contributed by atoms with Crippen LogP contribution in [0.3, 0.4) is 0 Å². The van der Waals surface area contributed by atoms with Crippen LogP contribution in [0.4, 0.5) is 17.1 Å². The summed E-state index contributed by atoms with van der Waals surface area (Å²) in [5.41, 5.74) is 13.6. The number of fused-ring (bicyclic) bond motifs is 6. The molecule has 0 saturated carbocycles. The van der Waals surface area contributed by atoms with Crippen molar-refractivity contribution in [3.05, 3.63) is 188 Å². The molecular weight excluding hydrogens is 623 g/mol. The molecule has 2 aromatic heterocycles. The summed E-state index contributed by atoms with van der Waals surface area (Å²) in [6.45, 7) is 0. The molecule has 51 heavy (non-hydrogen) atoms. The normalized spacial score (nSPS) is 11.5. The van der Waals surface area contributed by atoms with E-state index in [1.807, 2.05) is 24.3 Å². The lowest BCUT2D eigenvalue weighted by Crippen LogP contribution is -2.10. The third-order valence-electron chi connectivity index (χ3n) is 9.89. The van der Waals surface area contributed by atoms with Gasteiger partial charge in [-0.25, -0.2) is 0 Å². The van der Waals surface area contributed by atoms with E-state index in [2.05, 4.69) is 169 Å². The van der Waals surface area contributed by atoms with E-state index in [0.717, 1.165) is 77.6 Å². The van der Waals surface area contributed by atoms with E-state index in [4.69, 9.17) is 8.83 Å². The van der Waals surface area contributed by atoms with Crippen LogP contribution in [0.1, 0.15) is 0 Å². The predicted molar refractivity (Wildman–Crippen MR) is 212 cm³/mol. The minimum atomic E-state index is 0.858. The van der Waals surface area contributed by atoms with Gasteiger partial charge in [0.1, 0.15) is 22.3 Å². The van der Waals surface area contributed by atoms with E-state index in [1.54, 1.807) is 0 Å². The molecule has 0 fully saturated rings. The number of rotatable bonds is 6. The summed E-state index contributed by atoms with van der Waals surface area (Å²) in [6, 6.07) is 66.2. The Kier molecular flexibility index (Phi) is 6.81. The van der Waals surface area contributed by atoms with Gasteiger partial charge in [0, 0.05) is 33.1 Å². The van der Waals surface area contributed by atoms with E-state index >= 15 is 0 Å². The van der Waals surface area contributed by atoms with Crippen LogP contribution < -0.4 is 4.90 Å². The summed E-state index contributed by atoms with van der Waals surface area (Å²) in [5, 5.41) is 4.41. The number of hydrogen-bond acceptors (Lipinski definition) is 3. The van der Waals surface area contributed by atoms with Gasteiger partial charge < -0.3 is 13.7 Å². The first-order chi connectivity index (χ1) is 25.3. The van der Waals surface area contributed by atoms with Crippen molar-refractivity contribution in [2.75, 3.05) is 4.90 Å². The molecule has 0 amide bonds. The number of furan rings is 2. The summed E-state index contributed by atoms with van der Waals surface area (Å²) in [5.74, 6) is 0. The van der Waals surface area contributed by atoms with Crippen LogP contribution in [0.15, 0.2) is 197 Å². The predicted octanol–water partition coefficient (Wildman–Crippen LogP) is 14.0. The maximum atomic E-state index is 6.46. The Hall–Kier alpha value is -6.84. The lowest BCUT2D eigenvalue weighted by Gasteiger charge is -2.27. The Balaban J connectivity index is 1.12. The number of para-hydroxylation sites is 3. The van der Waals surface area contributed by atoms with Gasteiger partial charge in [-0.05, 0) is 76.3 Å². The van der Waals surface area contributed by atoms with Gasteiger partial charge in [0.2, 0.25) is 0 Å². The average Bonchev–Trinajstić information content (AvgIpc) is 3.78. The molecule has 3 heteroatoms. The molecule has 0 atom stereocenters. The van der Waals surface area contributed by atoms with Crippen LogP contribution in [-0.2, 0) is 0 Å². The van der Waals surface area contributed by atoms with Crippen molar-refractivity contribution >= 4 is 60.9 Å². The summed E-state index contributed by atoms with van der Waals surface area (Å²) in [7, 11) is 0. The zero-order valence-electron chi connectivity index (χ0n) is 27.7. The highest BCUT2D eigenvalue weighted by molar-refractivity contribution is 6.14. The Labute approximate surface area is 295 Å². The Morgan fingerprint density at radius 3 is 1.65 bits per heavy atom. The van der Waals surface area contributed by atoms with Gasteiger partial charge in [-0.1, -0.05) is 140 Å². The molecule has 0 aliphatic rings. The van der Waals surface area contributed by atoms with Crippen molar-refractivity contribution in [3.63, 3.8) is 0 Å². The Morgan fingerprint density at radius 1 is 0.333 bits per heavy atom. The van der Waals surface area contributed by atoms with Crippen LogP contribution in [0.2, 0.25) is 0 Å². The van der Waals surface area contributed by atoms with Crippen molar-refractivity contribution in [2.24, 2.45) is 0 Å². The van der Waals surface area contributed by atoms with Crippen LogP contribution in [0.5, 0.6) is 0 Å². The van der Waals surface area contributed by atoms with Gasteiger partial charge in [-0.15, -0.1) is 0 Å². The maximum Gasteiger partial charge on any atom is 0.143 e. The highest BCUT2D eigenvalue weighted by Crippen LogP contribution is 2.45. The van der Waals surface area contributed by atoms with Gasteiger partial charge in [-0.2, -0.15) is 0 Å². The summed E-state index contributed by atoms with van der Waals surface area (Å²) in [4.78, 5) is 2.34. The maximum absolute atomic E-state index is 6.46. The molecule has 240 valence electrons. The minimum absolute atomic E-state index is 0.858. The monoisotopic (exact) mass is 653 g/mol. The molecule has 2 heterocycles. The second-order valence-corrected chi connectivity index (χ2v) is 12.9. The van der Waals surface area contributed by atoms with Crippen molar-refractivity contribution in [1.29, 1.82) is 0 Å². The second-order valence-electron chi connectivity index (χ2n) is 12.9. The summed E-state index contributed by atoms with van der Waals surface area (Å²) < 4.78 is 12.8. The zero-order chi connectivity index (χ0) is 33.7. The Bertz CT molecular complexity index is 2840. The lowest BCUT2D eigenvalue weighted by molar-refractivity contribution is 0.669. The van der Waals surface area contributed by atoms with E-state index in [9.17, 15) is 0 Å². The molecule has 0 bridgehead atoms. The van der Waals surface area contributed by atoms with Crippen molar-refractivity contribution in [3.8, 4) is 33.4 Å². The zero-order valence-corrected chi connectivity index (χ0v) is 27.7. The number of hydrogen-bond donors (Lipinski definition) is 0. The molecule has 0 radical (unpaired) electrons. The molecule has 0 N–H and O–H groups in total. The number of nitrogens with zero attached hydrogens (tertiary/aromatic N) is 1. The van der Waals surface area contributed by atoms with Crippen LogP contribution in [0.25, 0.3) is 77.3 Å². The van der Waals surface area contributed by atoms with E-state index in [1.165, 1.54) is 16.7 Å². The topological polar surface area (TPSA) is 29.5 Å². The minimum Gasteiger partial charge on any atom is -0.456 e. The fourth-order valence-corrected chi connectivity index (χ4v) is 7.45. The average molecular weight is 654 g/mol. The van der Waals surface area contributed by atoms with Crippen molar-refractivity contribution < 1.29 is 8.83 Å². The largest absolute Gasteiger partial charge is 0.456 e. The third kappa shape index (κ3) is 4.98. The standard InChI is InChI=1S/C48H31NO2/c1-2-11-32(12-3-1)33-23-25-34(26-24-33)35-27-29-37(30-28-35)49(43-19-10-22-46-47(43)42-16-5-7-21-45(42)50-46)38-14-8-13-36(31-38)39-17-9-18-41-40-15-4-6-20-44(40)51-48(39)41/h1-31H. The fraction of sp³-hybridized carbons (Fsp3) is 0.